The van der Waals surface area contributed by atoms with Crippen LogP contribution in [0.5, 0.6) is 0 Å². The topological polar surface area (TPSA) is 87.3 Å². The van der Waals surface area contributed by atoms with Crippen LogP contribution in [0.25, 0.3) is 17.1 Å². The highest BCUT2D eigenvalue weighted by molar-refractivity contribution is 6.28. The molecule has 1 fully saturated rings. The number of carbonyl (C=O) groups is 2. The SMILES string of the molecule is CC(C)C(=O)C1=C(NN2CCCCCC2)O/C(=C\c2c[nH]c3ncccc23)C1=O. The number of ketones is 2. The summed E-state index contributed by atoms with van der Waals surface area (Å²) in [4.78, 5) is 33.2. The number of hydrazine groups is 1. The molecule has 2 aromatic heterocycles. The highest BCUT2D eigenvalue weighted by Crippen LogP contribution is 2.29. The standard InChI is InChI=1S/C22H26N4O3/c1-14(2)19(27)18-20(28)17(12-15-13-24-21-16(15)8-7-9-23-21)29-22(18)25-26-10-5-3-4-6-11-26/h7-9,12-14,25H,3-6,10-11H2,1-2H3,(H,23,24)/b17-12-. The van der Waals surface area contributed by atoms with Crippen molar-refractivity contribution in [2.75, 3.05) is 13.1 Å². The lowest BCUT2D eigenvalue weighted by Gasteiger charge is -2.22. The van der Waals surface area contributed by atoms with E-state index in [1.807, 2.05) is 17.1 Å². The Morgan fingerprint density at radius 2 is 2.03 bits per heavy atom. The van der Waals surface area contributed by atoms with Crippen LogP contribution in [-0.4, -0.2) is 39.6 Å². The third kappa shape index (κ3) is 3.96. The van der Waals surface area contributed by atoms with Crippen molar-refractivity contribution in [2.24, 2.45) is 5.92 Å². The summed E-state index contributed by atoms with van der Waals surface area (Å²) in [5.41, 5.74) is 4.84. The summed E-state index contributed by atoms with van der Waals surface area (Å²) >= 11 is 0. The van der Waals surface area contributed by atoms with E-state index in [1.165, 1.54) is 12.8 Å². The van der Waals surface area contributed by atoms with Crippen LogP contribution >= 0.6 is 0 Å². The predicted octanol–water partition coefficient (Wildman–Crippen LogP) is 3.32. The Bertz CT molecular complexity index is 994. The predicted molar refractivity (Wildman–Crippen MR) is 110 cm³/mol. The molecule has 2 aliphatic heterocycles. The van der Waals surface area contributed by atoms with Crippen molar-refractivity contribution in [1.29, 1.82) is 0 Å². The molecular formula is C22H26N4O3. The van der Waals surface area contributed by atoms with Gasteiger partial charge in [0.05, 0.1) is 0 Å². The maximum atomic E-state index is 13.1. The normalized spacial score (nSPS) is 19.8. The molecule has 0 amide bonds. The van der Waals surface area contributed by atoms with E-state index in [4.69, 9.17) is 4.74 Å². The summed E-state index contributed by atoms with van der Waals surface area (Å²) in [7, 11) is 0. The van der Waals surface area contributed by atoms with E-state index in [0.717, 1.165) is 42.5 Å². The summed E-state index contributed by atoms with van der Waals surface area (Å²) in [5, 5.41) is 2.93. The third-order valence-corrected chi connectivity index (χ3v) is 5.30. The van der Waals surface area contributed by atoms with E-state index in [-0.39, 0.29) is 34.7 Å². The average Bonchev–Trinajstić information content (AvgIpc) is 3.12. The van der Waals surface area contributed by atoms with Gasteiger partial charge in [-0.15, -0.1) is 0 Å². The number of nitrogens with zero attached hydrogens (tertiary/aromatic N) is 2. The van der Waals surface area contributed by atoms with E-state index in [9.17, 15) is 9.59 Å². The molecule has 7 heteroatoms. The lowest BCUT2D eigenvalue weighted by atomic mass is 9.98. The number of Topliss-reactive ketones (excluding diaryl/α,β-unsaturated/α-hetero) is 2. The van der Waals surface area contributed by atoms with Crippen LogP contribution in [0.2, 0.25) is 0 Å². The lowest BCUT2D eigenvalue weighted by Crippen LogP contribution is -2.39. The fourth-order valence-electron chi connectivity index (χ4n) is 3.68. The molecule has 0 bridgehead atoms. The molecule has 4 heterocycles. The second-order valence-corrected chi connectivity index (χ2v) is 7.82. The van der Waals surface area contributed by atoms with E-state index in [2.05, 4.69) is 15.4 Å². The Balaban J connectivity index is 1.65. The Labute approximate surface area is 169 Å². The largest absolute Gasteiger partial charge is 0.435 e. The van der Waals surface area contributed by atoms with Crippen LogP contribution in [0, 0.1) is 5.92 Å². The molecule has 0 atom stereocenters. The van der Waals surface area contributed by atoms with Crippen LogP contribution in [0.4, 0.5) is 0 Å². The molecule has 2 aliphatic rings. The lowest BCUT2D eigenvalue weighted by molar-refractivity contribution is -0.121. The first-order valence-corrected chi connectivity index (χ1v) is 10.2. The van der Waals surface area contributed by atoms with Gasteiger partial charge in [0.2, 0.25) is 11.7 Å². The smallest absolute Gasteiger partial charge is 0.237 e. The molecular weight excluding hydrogens is 368 g/mol. The number of allylic oxidation sites excluding steroid dienone is 1. The number of aromatic amines is 1. The maximum absolute atomic E-state index is 13.1. The summed E-state index contributed by atoms with van der Waals surface area (Å²) in [5.74, 6) is -0.485. The minimum atomic E-state index is -0.376. The number of pyridine rings is 1. The van der Waals surface area contributed by atoms with E-state index in [0.29, 0.717) is 0 Å². The summed E-state index contributed by atoms with van der Waals surface area (Å²) in [6.07, 6.45) is 9.69. The van der Waals surface area contributed by atoms with Crippen molar-refractivity contribution in [3.8, 4) is 0 Å². The fourth-order valence-corrected chi connectivity index (χ4v) is 3.68. The van der Waals surface area contributed by atoms with Gasteiger partial charge in [-0.2, -0.15) is 0 Å². The minimum Gasteiger partial charge on any atom is -0.435 e. The first-order valence-electron chi connectivity index (χ1n) is 10.2. The number of ether oxygens (including phenoxy) is 1. The second kappa shape index (κ2) is 8.21. The van der Waals surface area contributed by atoms with Crippen molar-refractivity contribution < 1.29 is 14.3 Å². The number of rotatable bonds is 5. The summed E-state index contributed by atoms with van der Waals surface area (Å²) in [6, 6.07) is 3.77. The van der Waals surface area contributed by atoms with Crippen molar-refractivity contribution in [1.82, 2.24) is 20.4 Å². The van der Waals surface area contributed by atoms with Gasteiger partial charge >= 0.3 is 0 Å². The zero-order valence-electron chi connectivity index (χ0n) is 16.8. The van der Waals surface area contributed by atoms with E-state index in [1.54, 1.807) is 32.3 Å². The molecule has 7 nitrogen and oxygen atoms in total. The Kier molecular flexibility index (Phi) is 5.49. The molecule has 0 aromatic carbocycles. The van der Waals surface area contributed by atoms with E-state index >= 15 is 0 Å². The van der Waals surface area contributed by atoms with Gasteiger partial charge in [-0.25, -0.2) is 9.99 Å². The number of aromatic nitrogens is 2. The monoisotopic (exact) mass is 394 g/mol. The highest BCUT2D eigenvalue weighted by Gasteiger charge is 2.37. The van der Waals surface area contributed by atoms with Gasteiger partial charge in [-0.3, -0.25) is 15.0 Å². The molecule has 152 valence electrons. The van der Waals surface area contributed by atoms with Gasteiger partial charge in [0.15, 0.2) is 11.5 Å². The molecule has 0 aliphatic carbocycles. The van der Waals surface area contributed by atoms with Gasteiger partial charge in [0.1, 0.15) is 11.2 Å². The van der Waals surface area contributed by atoms with Crippen molar-refractivity contribution in [2.45, 2.75) is 39.5 Å². The van der Waals surface area contributed by atoms with Gasteiger partial charge in [-0.1, -0.05) is 26.7 Å². The van der Waals surface area contributed by atoms with Gasteiger partial charge < -0.3 is 9.72 Å². The Morgan fingerprint density at radius 3 is 2.76 bits per heavy atom. The maximum Gasteiger partial charge on any atom is 0.237 e. The summed E-state index contributed by atoms with van der Waals surface area (Å²) < 4.78 is 5.91. The van der Waals surface area contributed by atoms with Crippen molar-refractivity contribution >= 4 is 28.7 Å². The molecule has 2 N–H and O–H groups in total. The summed E-state index contributed by atoms with van der Waals surface area (Å²) in [6.45, 7) is 5.30. The van der Waals surface area contributed by atoms with Gasteiger partial charge in [0, 0.05) is 42.4 Å². The third-order valence-electron chi connectivity index (χ3n) is 5.30. The quantitative estimate of drug-likeness (QED) is 0.598. The van der Waals surface area contributed by atoms with Gasteiger partial charge in [-0.05, 0) is 31.1 Å². The molecule has 0 saturated carbocycles. The first-order chi connectivity index (χ1) is 14.0. The minimum absolute atomic E-state index is 0.105. The number of nitrogens with one attached hydrogen (secondary N) is 2. The zero-order valence-corrected chi connectivity index (χ0v) is 16.8. The number of H-pyrrole nitrogens is 1. The molecule has 0 unspecified atom stereocenters. The number of hydrogen-bond acceptors (Lipinski definition) is 6. The van der Waals surface area contributed by atoms with E-state index < -0.39 is 0 Å². The van der Waals surface area contributed by atoms with Crippen LogP contribution in [0.3, 0.4) is 0 Å². The van der Waals surface area contributed by atoms with Crippen LogP contribution in [-0.2, 0) is 14.3 Å². The molecule has 0 radical (unpaired) electrons. The highest BCUT2D eigenvalue weighted by atomic mass is 16.5. The average molecular weight is 394 g/mol. The molecule has 0 spiro atoms. The Hall–Kier alpha value is -2.93. The Morgan fingerprint density at radius 1 is 1.28 bits per heavy atom. The fraction of sp³-hybridized carbons (Fsp3) is 0.409. The second-order valence-electron chi connectivity index (χ2n) is 7.82. The number of carbonyl (C=O) groups excluding carboxylic acids is 2. The number of fused-ring (bicyclic) bond motifs is 1. The van der Waals surface area contributed by atoms with Crippen LogP contribution in [0.15, 0.2) is 41.7 Å². The van der Waals surface area contributed by atoms with Crippen LogP contribution in [0.1, 0.15) is 45.1 Å². The molecule has 2 aromatic rings. The van der Waals surface area contributed by atoms with Gasteiger partial charge in [0.25, 0.3) is 0 Å². The molecule has 29 heavy (non-hydrogen) atoms. The van der Waals surface area contributed by atoms with Crippen molar-refractivity contribution in [3.63, 3.8) is 0 Å². The molecule has 1 saturated heterocycles. The van der Waals surface area contributed by atoms with Crippen molar-refractivity contribution in [3.05, 3.63) is 47.3 Å². The number of hydrogen-bond donors (Lipinski definition) is 2. The zero-order chi connectivity index (χ0) is 20.4. The first kappa shape index (κ1) is 19.4. The molecule has 4 rings (SSSR count). The van der Waals surface area contributed by atoms with Crippen LogP contribution < -0.4 is 5.43 Å².